The first-order valence-corrected chi connectivity index (χ1v) is 8.35. The number of anilines is 1. The highest BCUT2D eigenvalue weighted by Crippen LogP contribution is 2.27. The van der Waals surface area contributed by atoms with Crippen molar-refractivity contribution in [3.05, 3.63) is 48.2 Å². The Hall–Kier alpha value is -2.44. The fourth-order valence-electron chi connectivity index (χ4n) is 3.41. The Morgan fingerprint density at radius 3 is 2.88 bits per heavy atom. The molecular weight excluding hydrogens is 316 g/mol. The molecule has 1 aromatic heterocycles. The van der Waals surface area contributed by atoms with Gasteiger partial charge in [0.1, 0.15) is 5.82 Å². The number of likely N-dealkylation sites (tertiary alicyclic amines) is 1. The van der Waals surface area contributed by atoms with E-state index in [1.807, 2.05) is 49.3 Å². The summed E-state index contributed by atoms with van der Waals surface area (Å²) >= 11 is 0. The number of nitrogens with two attached hydrogens (primary N) is 1. The molecule has 0 bridgehead atoms. The summed E-state index contributed by atoms with van der Waals surface area (Å²) in [7, 11) is 3.84. The number of nitrogen functional groups attached to an aromatic ring is 1. The van der Waals surface area contributed by atoms with Crippen molar-refractivity contribution in [1.82, 2.24) is 14.8 Å². The van der Waals surface area contributed by atoms with Gasteiger partial charge in [-0.05, 0) is 50.3 Å². The lowest BCUT2D eigenvalue weighted by Crippen LogP contribution is -2.43. The summed E-state index contributed by atoms with van der Waals surface area (Å²) in [6, 6.07) is 11.1. The predicted octanol–water partition coefficient (Wildman–Crippen LogP) is 1.47. The Morgan fingerprint density at radius 1 is 1.36 bits per heavy atom. The zero-order valence-electron chi connectivity index (χ0n) is 14.6. The summed E-state index contributed by atoms with van der Waals surface area (Å²) in [6.07, 6.45) is 2.23. The van der Waals surface area contributed by atoms with Gasteiger partial charge >= 0.3 is 0 Å². The van der Waals surface area contributed by atoms with Crippen LogP contribution in [-0.2, 0) is 0 Å². The quantitative estimate of drug-likeness (QED) is 0.881. The SMILES string of the molecule is CN(C)C[C@]1(O)CCN(C(=O)c2cccc(-c3cccnc3N)c2)C1. The second kappa shape index (κ2) is 6.82. The summed E-state index contributed by atoms with van der Waals surface area (Å²) in [5.41, 5.74) is 7.36. The molecule has 0 unspecified atom stereocenters. The van der Waals surface area contributed by atoms with Gasteiger partial charge in [-0.1, -0.05) is 12.1 Å². The molecule has 1 amide bonds. The Bertz CT molecular complexity index is 778. The molecule has 1 aliphatic heterocycles. The van der Waals surface area contributed by atoms with Crippen LogP contribution in [0.2, 0.25) is 0 Å². The van der Waals surface area contributed by atoms with Crippen molar-refractivity contribution in [2.24, 2.45) is 0 Å². The number of benzene rings is 1. The van der Waals surface area contributed by atoms with E-state index < -0.39 is 5.60 Å². The summed E-state index contributed by atoms with van der Waals surface area (Å²) in [6.45, 7) is 1.45. The molecule has 1 atom stereocenters. The van der Waals surface area contributed by atoms with Crippen LogP contribution in [0, 0.1) is 0 Å². The van der Waals surface area contributed by atoms with Gasteiger partial charge in [0, 0.05) is 30.4 Å². The number of likely N-dealkylation sites (N-methyl/N-ethyl adjacent to an activating group) is 1. The highest BCUT2D eigenvalue weighted by molar-refractivity contribution is 5.96. The van der Waals surface area contributed by atoms with Crippen LogP contribution in [0.25, 0.3) is 11.1 Å². The van der Waals surface area contributed by atoms with E-state index in [0.29, 0.717) is 37.4 Å². The van der Waals surface area contributed by atoms with Crippen molar-refractivity contribution in [3.8, 4) is 11.1 Å². The lowest BCUT2D eigenvalue weighted by Gasteiger charge is -2.26. The number of nitrogens with zero attached hydrogens (tertiary/aromatic N) is 3. The van der Waals surface area contributed by atoms with Crippen LogP contribution in [0.1, 0.15) is 16.8 Å². The molecule has 0 spiro atoms. The Labute approximate surface area is 147 Å². The van der Waals surface area contributed by atoms with E-state index in [9.17, 15) is 9.90 Å². The molecule has 1 aliphatic rings. The fourth-order valence-corrected chi connectivity index (χ4v) is 3.41. The van der Waals surface area contributed by atoms with E-state index in [4.69, 9.17) is 5.73 Å². The van der Waals surface area contributed by atoms with Crippen LogP contribution in [0.3, 0.4) is 0 Å². The van der Waals surface area contributed by atoms with E-state index in [-0.39, 0.29) is 5.91 Å². The Kier molecular flexibility index (Phi) is 4.74. The van der Waals surface area contributed by atoms with Crippen LogP contribution in [-0.4, -0.2) is 65.1 Å². The van der Waals surface area contributed by atoms with Gasteiger partial charge in [0.15, 0.2) is 0 Å². The minimum absolute atomic E-state index is 0.0704. The molecule has 0 saturated carbocycles. The zero-order valence-corrected chi connectivity index (χ0v) is 14.6. The molecule has 3 N–H and O–H groups in total. The number of aliphatic hydroxyl groups is 1. The van der Waals surface area contributed by atoms with E-state index in [2.05, 4.69) is 4.98 Å². The topological polar surface area (TPSA) is 82.7 Å². The minimum atomic E-state index is -0.843. The lowest BCUT2D eigenvalue weighted by atomic mass is 10.0. The largest absolute Gasteiger partial charge is 0.387 e. The van der Waals surface area contributed by atoms with Crippen molar-refractivity contribution in [2.45, 2.75) is 12.0 Å². The van der Waals surface area contributed by atoms with Crippen molar-refractivity contribution < 1.29 is 9.90 Å². The molecular formula is C19H24N4O2. The standard InChI is InChI=1S/C19H24N4O2/c1-22(2)12-19(25)8-10-23(13-19)18(24)15-6-3-5-14(11-15)16-7-4-9-21-17(16)20/h3-7,9,11,25H,8,10,12-13H2,1-2H3,(H2,20,21)/t19-/m1/s1. The molecule has 1 aromatic carbocycles. The number of hydrogen-bond acceptors (Lipinski definition) is 5. The van der Waals surface area contributed by atoms with Crippen LogP contribution >= 0.6 is 0 Å². The van der Waals surface area contributed by atoms with E-state index in [1.165, 1.54) is 0 Å². The highest BCUT2D eigenvalue weighted by atomic mass is 16.3. The summed E-state index contributed by atoms with van der Waals surface area (Å²) in [4.78, 5) is 20.6. The number of hydrogen-bond donors (Lipinski definition) is 2. The molecule has 132 valence electrons. The number of carbonyl (C=O) groups excluding carboxylic acids is 1. The van der Waals surface area contributed by atoms with Crippen LogP contribution < -0.4 is 5.73 Å². The third-order valence-corrected chi connectivity index (χ3v) is 4.49. The maximum Gasteiger partial charge on any atom is 0.253 e. The maximum absolute atomic E-state index is 12.8. The number of aromatic nitrogens is 1. The Morgan fingerprint density at radius 2 is 2.16 bits per heavy atom. The van der Waals surface area contributed by atoms with Crippen molar-refractivity contribution in [2.75, 3.05) is 39.5 Å². The molecule has 25 heavy (non-hydrogen) atoms. The summed E-state index contributed by atoms with van der Waals surface area (Å²) < 4.78 is 0. The molecule has 6 nitrogen and oxygen atoms in total. The summed E-state index contributed by atoms with van der Waals surface area (Å²) in [5, 5.41) is 10.6. The van der Waals surface area contributed by atoms with Crippen molar-refractivity contribution in [3.63, 3.8) is 0 Å². The minimum Gasteiger partial charge on any atom is -0.387 e. The Balaban J connectivity index is 1.80. The number of carbonyl (C=O) groups is 1. The average Bonchev–Trinajstić information content (AvgIpc) is 2.95. The van der Waals surface area contributed by atoms with Gasteiger partial charge < -0.3 is 20.6 Å². The maximum atomic E-state index is 12.8. The second-order valence-electron chi connectivity index (χ2n) is 6.96. The number of β-amino-alcohol motifs (C(OH)–C–C–N with tert-alkyl or cyclic N) is 1. The molecule has 2 aromatic rings. The first kappa shape index (κ1) is 17.4. The van der Waals surface area contributed by atoms with Gasteiger partial charge in [-0.3, -0.25) is 4.79 Å². The second-order valence-corrected chi connectivity index (χ2v) is 6.96. The van der Waals surface area contributed by atoms with Crippen molar-refractivity contribution >= 4 is 11.7 Å². The normalized spacial score (nSPS) is 20.2. The molecule has 6 heteroatoms. The first-order chi connectivity index (χ1) is 11.9. The van der Waals surface area contributed by atoms with Crippen LogP contribution in [0.15, 0.2) is 42.6 Å². The van der Waals surface area contributed by atoms with Crippen LogP contribution in [0.5, 0.6) is 0 Å². The highest BCUT2D eigenvalue weighted by Gasteiger charge is 2.38. The smallest absolute Gasteiger partial charge is 0.253 e. The average molecular weight is 340 g/mol. The van der Waals surface area contributed by atoms with Gasteiger partial charge in [-0.15, -0.1) is 0 Å². The van der Waals surface area contributed by atoms with Gasteiger partial charge in [0.05, 0.1) is 12.1 Å². The fraction of sp³-hybridized carbons (Fsp3) is 0.368. The molecule has 3 rings (SSSR count). The lowest BCUT2D eigenvalue weighted by molar-refractivity contribution is 0.0236. The van der Waals surface area contributed by atoms with Gasteiger partial charge in [0.2, 0.25) is 0 Å². The van der Waals surface area contributed by atoms with Crippen molar-refractivity contribution in [1.29, 1.82) is 0 Å². The first-order valence-electron chi connectivity index (χ1n) is 8.35. The third kappa shape index (κ3) is 3.81. The predicted molar refractivity (Wildman–Crippen MR) is 98.1 cm³/mol. The molecule has 0 aliphatic carbocycles. The number of rotatable bonds is 4. The molecule has 1 fully saturated rings. The van der Waals surface area contributed by atoms with Gasteiger partial charge in [-0.2, -0.15) is 0 Å². The van der Waals surface area contributed by atoms with E-state index >= 15 is 0 Å². The van der Waals surface area contributed by atoms with E-state index in [1.54, 1.807) is 17.2 Å². The molecule has 1 saturated heterocycles. The zero-order chi connectivity index (χ0) is 18.0. The summed E-state index contributed by atoms with van der Waals surface area (Å²) in [5.74, 6) is 0.368. The van der Waals surface area contributed by atoms with E-state index in [0.717, 1.165) is 11.1 Å². The van der Waals surface area contributed by atoms with Gasteiger partial charge in [0.25, 0.3) is 5.91 Å². The number of amides is 1. The third-order valence-electron chi connectivity index (χ3n) is 4.49. The monoisotopic (exact) mass is 340 g/mol. The number of pyridine rings is 1. The van der Waals surface area contributed by atoms with Crippen LogP contribution in [0.4, 0.5) is 5.82 Å². The van der Waals surface area contributed by atoms with Gasteiger partial charge in [-0.25, -0.2) is 4.98 Å². The molecule has 2 heterocycles. The molecule has 0 radical (unpaired) electrons.